The maximum absolute atomic E-state index is 12.0. The van der Waals surface area contributed by atoms with Crippen LogP contribution in [0.3, 0.4) is 0 Å². The normalized spacial score (nSPS) is 14.2. The van der Waals surface area contributed by atoms with Crippen molar-refractivity contribution < 1.29 is 13.2 Å². The lowest BCUT2D eigenvalue weighted by Gasteiger charge is -2.16. The van der Waals surface area contributed by atoms with Crippen molar-refractivity contribution in [3.63, 3.8) is 0 Å². The van der Waals surface area contributed by atoms with E-state index in [2.05, 4.69) is 14.1 Å². The molecule has 0 aliphatic heterocycles. The molecule has 1 rings (SSSR count). The molecule has 1 aromatic rings. The fourth-order valence-electron chi connectivity index (χ4n) is 0.551. The van der Waals surface area contributed by atoms with Crippen molar-refractivity contribution in [2.45, 2.75) is 19.1 Å². The van der Waals surface area contributed by atoms with E-state index < -0.39 is 12.2 Å². The maximum atomic E-state index is 12.0. The van der Waals surface area contributed by atoms with Crippen LogP contribution in [0, 0.1) is 0 Å². The number of alkyl halides is 3. The average Bonchev–Trinajstić information content (AvgIpc) is 2.34. The summed E-state index contributed by atoms with van der Waals surface area (Å²) in [5.74, 6) is -0.0310. The second kappa shape index (κ2) is 3.67. The first-order valence-corrected chi connectivity index (χ1v) is 4.33. The number of rotatable bonds is 2. The Bertz CT molecular complexity index is 287. The van der Waals surface area contributed by atoms with E-state index in [-0.39, 0.29) is 11.0 Å². The molecule has 0 saturated carbocycles. The van der Waals surface area contributed by atoms with Gasteiger partial charge in [0.15, 0.2) is 11.0 Å². The molecule has 1 unspecified atom stereocenters. The van der Waals surface area contributed by atoms with Crippen molar-refractivity contribution in [3.8, 4) is 0 Å². The zero-order valence-electron chi connectivity index (χ0n) is 6.39. The van der Waals surface area contributed by atoms with Crippen LogP contribution in [0.25, 0.3) is 0 Å². The van der Waals surface area contributed by atoms with Crippen molar-refractivity contribution in [1.29, 1.82) is 0 Å². The molecule has 13 heavy (non-hydrogen) atoms. The second-order valence-electron chi connectivity index (χ2n) is 2.31. The van der Waals surface area contributed by atoms with Gasteiger partial charge in [0.05, 0.1) is 11.7 Å². The maximum Gasteiger partial charge on any atom is 0.408 e. The van der Waals surface area contributed by atoms with Gasteiger partial charge in [-0.2, -0.15) is 21.9 Å². The topological polar surface area (TPSA) is 37.8 Å². The van der Waals surface area contributed by atoms with Gasteiger partial charge in [-0.15, -0.1) is 0 Å². The lowest BCUT2D eigenvalue weighted by molar-refractivity contribution is -0.138. The van der Waals surface area contributed by atoms with Crippen molar-refractivity contribution in [2.24, 2.45) is 0 Å². The zero-order valence-corrected chi connectivity index (χ0v) is 7.96. The highest BCUT2D eigenvalue weighted by Gasteiger charge is 2.36. The predicted molar refractivity (Wildman–Crippen MR) is 44.1 cm³/mol. The fourth-order valence-corrected chi connectivity index (χ4v) is 1.21. The number of hydrogen-bond donors (Lipinski definition) is 1. The van der Waals surface area contributed by atoms with E-state index in [1.165, 1.54) is 0 Å². The van der Waals surface area contributed by atoms with Gasteiger partial charge < -0.3 is 5.32 Å². The first-order chi connectivity index (χ1) is 5.91. The molecule has 0 spiro atoms. The van der Waals surface area contributed by atoms with Gasteiger partial charge in [-0.3, -0.25) is 0 Å². The molecular weight excluding hydrogens is 227 g/mol. The Morgan fingerprint density at radius 1 is 1.46 bits per heavy atom. The molecule has 1 aromatic heterocycles. The Balaban J connectivity index is 2.65. The molecule has 0 saturated heterocycles. The van der Waals surface area contributed by atoms with Crippen LogP contribution in [-0.4, -0.2) is 21.0 Å². The third-order valence-corrected chi connectivity index (χ3v) is 2.18. The Kier molecular flexibility index (Phi) is 2.97. The standard InChI is InChI=1S/C5H5ClF3N3S/c1-2(5(7,8)9)10-4-3(6)11-13-12-4/h2H,1H3,(H,10,12). The first-order valence-electron chi connectivity index (χ1n) is 3.22. The van der Waals surface area contributed by atoms with E-state index in [9.17, 15) is 13.2 Å². The van der Waals surface area contributed by atoms with E-state index >= 15 is 0 Å². The van der Waals surface area contributed by atoms with Gasteiger partial charge in [-0.25, -0.2) is 0 Å². The van der Waals surface area contributed by atoms with Crippen LogP contribution in [0.2, 0.25) is 5.15 Å². The molecule has 74 valence electrons. The molecule has 1 atom stereocenters. The van der Waals surface area contributed by atoms with E-state index in [1.54, 1.807) is 0 Å². The highest BCUT2D eigenvalue weighted by atomic mass is 35.5. The number of aromatic nitrogens is 2. The van der Waals surface area contributed by atoms with Crippen LogP contribution >= 0.6 is 23.3 Å². The number of anilines is 1. The van der Waals surface area contributed by atoms with E-state index in [4.69, 9.17) is 11.6 Å². The van der Waals surface area contributed by atoms with Crippen LogP contribution in [0.5, 0.6) is 0 Å². The lowest BCUT2D eigenvalue weighted by atomic mass is 10.3. The minimum absolute atomic E-state index is 0.0310. The van der Waals surface area contributed by atoms with Gasteiger partial charge in [0.2, 0.25) is 0 Å². The minimum atomic E-state index is -4.31. The van der Waals surface area contributed by atoms with Gasteiger partial charge in [0.1, 0.15) is 6.04 Å². The Labute approximate surface area is 81.2 Å². The summed E-state index contributed by atoms with van der Waals surface area (Å²) < 4.78 is 43.1. The summed E-state index contributed by atoms with van der Waals surface area (Å²) >= 11 is 6.20. The highest BCUT2D eigenvalue weighted by molar-refractivity contribution is 6.99. The van der Waals surface area contributed by atoms with Gasteiger partial charge in [0, 0.05) is 0 Å². The Morgan fingerprint density at radius 2 is 2.08 bits per heavy atom. The van der Waals surface area contributed by atoms with Crippen LogP contribution in [-0.2, 0) is 0 Å². The molecule has 1 N–H and O–H groups in total. The van der Waals surface area contributed by atoms with E-state index in [1.807, 2.05) is 0 Å². The number of hydrogen-bond acceptors (Lipinski definition) is 4. The van der Waals surface area contributed by atoms with Crippen molar-refractivity contribution >= 4 is 29.1 Å². The molecule has 0 bridgehead atoms. The van der Waals surface area contributed by atoms with E-state index in [0.717, 1.165) is 18.7 Å². The predicted octanol–water partition coefficient (Wildman–Crippen LogP) is 2.55. The van der Waals surface area contributed by atoms with Gasteiger partial charge in [-0.05, 0) is 6.92 Å². The highest BCUT2D eigenvalue weighted by Crippen LogP contribution is 2.25. The summed E-state index contributed by atoms with van der Waals surface area (Å²) in [7, 11) is 0. The summed E-state index contributed by atoms with van der Waals surface area (Å²) in [5, 5.41) is 2.07. The molecule has 3 nitrogen and oxygen atoms in total. The van der Waals surface area contributed by atoms with Crippen molar-refractivity contribution in [1.82, 2.24) is 8.75 Å². The molecule has 0 aromatic carbocycles. The van der Waals surface area contributed by atoms with Gasteiger partial charge in [-0.1, -0.05) is 11.6 Å². The largest absolute Gasteiger partial charge is 0.408 e. The molecule has 0 radical (unpaired) electrons. The van der Waals surface area contributed by atoms with Crippen LogP contribution in [0.15, 0.2) is 0 Å². The SMILES string of the molecule is CC(Nc1nsnc1Cl)C(F)(F)F. The quantitative estimate of drug-likeness (QED) is 0.850. The lowest BCUT2D eigenvalue weighted by Crippen LogP contribution is -2.33. The molecule has 1 heterocycles. The third-order valence-electron chi connectivity index (χ3n) is 1.29. The summed E-state index contributed by atoms with van der Waals surface area (Å²) in [4.78, 5) is 0. The van der Waals surface area contributed by atoms with Crippen LogP contribution in [0.4, 0.5) is 19.0 Å². The molecule has 8 heteroatoms. The zero-order chi connectivity index (χ0) is 10.1. The van der Waals surface area contributed by atoms with Crippen molar-refractivity contribution in [3.05, 3.63) is 5.15 Å². The van der Waals surface area contributed by atoms with E-state index in [0.29, 0.717) is 0 Å². The summed E-state index contributed by atoms with van der Waals surface area (Å²) in [6.45, 7) is 0.982. The van der Waals surface area contributed by atoms with Crippen molar-refractivity contribution in [2.75, 3.05) is 5.32 Å². The monoisotopic (exact) mass is 231 g/mol. The summed E-state index contributed by atoms with van der Waals surface area (Å²) in [6, 6.07) is -1.69. The summed E-state index contributed by atoms with van der Waals surface area (Å²) in [5.41, 5.74) is 0. The molecule has 0 aliphatic rings. The van der Waals surface area contributed by atoms with Gasteiger partial charge in [0.25, 0.3) is 0 Å². The number of nitrogens with one attached hydrogen (secondary N) is 1. The average molecular weight is 232 g/mol. The molecule has 0 amide bonds. The number of halogens is 4. The minimum Gasteiger partial charge on any atom is -0.355 e. The smallest absolute Gasteiger partial charge is 0.355 e. The first kappa shape index (κ1) is 10.5. The molecular formula is C5H5ClF3N3S. The third kappa shape index (κ3) is 2.70. The Morgan fingerprint density at radius 3 is 2.46 bits per heavy atom. The Hall–Kier alpha value is -0.560. The fraction of sp³-hybridized carbons (Fsp3) is 0.600. The van der Waals surface area contributed by atoms with Crippen LogP contribution in [0.1, 0.15) is 6.92 Å². The second-order valence-corrected chi connectivity index (χ2v) is 3.20. The van der Waals surface area contributed by atoms with Crippen LogP contribution < -0.4 is 5.32 Å². The molecule has 0 aliphatic carbocycles. The molecule has 0 fully saturated rings. The number of nitrogens with zero attached hydrogens (tertiary/aromatic N) is 2. The summed E-state index contributed by atoms with van der Waals surface area (Å²) in [6.07, 6.45) is -4.31. The van der Waals surface area contributed by atoms with Gasteiger partial charge >= 0.3 is 6.18 Å².